The molecule has 7 heteroatoms. The zero-order valence-corrected chi connectivity index (χ0v) is 23.4. The number of ether oxygens (including phenoxy) is 1. The Hall–Kier alpha value is -2.83. The summed E-state index contributed by atoms with van der Waals surface area (Å²) in [6, 6.07) is 6.06. The first-order valence-corrected chi connectivity index (χ1v) is 13.8. The van der Waals surface area contributed by atoms with E-state index in [2.05, 4.69) is 24.1 Å². The van der Waals surface area contributed by atoms with Gasteiger partial charge < -0.3 is 20.3 Å². The van der Waals surface area contributed by atoms with Crippen LogP contribution in [0.2, 0.25) is 0 Å². The molecule has 37 heavy (non-hydrogen) atoms. The van der Waals surface area contributed by atoms with Gasteiger partial charge in [-0.3, -0.25) is 9.59 Å². The fraction of sp³-hybridized carbons (Fsp3) is 0.633. The summed E-state index contributed by atoms with van der Waals surface area (Å²) in [5.41, 5.74) is 0.946. The van der Waals surface area contributed by atoms with E-state index in [1.54, 1.807) is 31.7 Å². The first-order chi connectivity index (χ1) is 17.4. The van der Waals surface area contributed by atoms with E-state index >= 15 is 0 Å². The van der Waals surface area contributed by atoms with Crippen LogP contribution in [0.4, 0.5) is 4.79 Å². The second-order valence-electron chi connectivity index (χ2n) is 12.0. The second-order valence-corrected chi connectivity index (χ2v) is 12.0. The maximum atomic E-state index is 14.2. The molecule has 2 aliphatic rings. The van der Waals surface area contributed by atoms with E-state index in [-0.39, 0.29) is 35.7 Å². The van der Waals surface area contributed by atoms with Crippen molar-refractivity contribution >= 4 is 24.0 Å². The Morgan fingerprint density at radius 1 is 1.14 bits per heavy atom. The molecule has 0 spiro atoms. The Morgan fingerprint density at radius 2 is 1.78 bits per heavy atom. The van der Waals surface area contributed by atoms with E-state index in [1.807, 2.05) is 38.1 Å². The highest BCUT2D eigenvalue weighted by atomic mass is 16.6. The molecule has 4 atom stereocenters. The summed E-state index contributed by atoms with van der Waals surface area (Å²) in [5, 5.41) is 6.06. The molecule has 3 rings (SSSR count). The minimum atomic E-state index is -0.824. The summed E-state index contributed by atoms with van der Waals surface area (Å²) in [6.07, 6.45) is 7.21. The Labute approximate surface area is 222 Å². The normalized spacial score (nSPS) is 21.5. The fourth-order valence-corrected chi connectivity index (χ4v) is 5.10. The van der Waals surface area contributed by atoms with Crippen LogP contribution in [0.15, 0.2) is 30.8 Å². The van der Waals surface area contributed by atoms with E-state index in [9.17, 15) is 14.4 Å². The largest absolute Gasteiger partial charge is 0.444 e. The van der Waals surface area contributed by atoms with Gasteiger partial charge in [0, 0.05) is 12.1 Å². The summed E-state index contributed by atoms with van der Waals surface area (Å²) in [4.78, 5) is 42.6. The van der Waals surface area contributed by atoms with Crippen LogP contribution in [0.3, 0.4) is 0 Å². The molecule has 0 bridgehead atoms. The number of hydrogen-bond acceptors (Lipinski definition) is 4. The van der Waals surface area contributed by atoms with Crippen molar-refractivity contribution in [2.24, 2.45) is 11.8 Å². The van der Waals surface area contributed by atoms with Crippen molar-refractivity contribution in [1.82, 2.24) is 15.5 Å². The first kappa shape index (κ1) is 28.7. The van der Waals surface area contributed by atoms with Crippen molar-refractivity contribution in [3.63, 3.8) is 0 Å². The lowest BCUT2D eigenvalue weighted by Crippen LogP contribution is -2.56. The molecule has 4 unspecified atom stereocenters. The Kier molecular flexibility index (Phi) is 9.43. The van der Waals surface area contributed by atoms with Gasteiger partial charge >= 0.3 is 6.09 Å². The monoisotopic (exact) mass is 511 g/mol. The van der Waals surface area contributed by atoms with Crippen LogP contribution in [0.25, 0.3) is 6.08 Å². The van der Waals surface area contributed by atoms with Gasteiger partial charge in [-0.25, -0.2) is 4.79 Å². The lowest BCUT2D eigenvalue weighted by atomic mass is 9.94. The molecular formula is C30H45N3O4. The average molecular weight is 512 g/mol. The number of carbonyl (C=O) groups is 3. The van der Waals surface area contributed by atoms with Gasteiger partial charge in [-0.2, -0.15) is 0 Å². The number of amides is 3. The number of benzene rings is 1. The topological polar surface area (TPSA) is 87.7 Å². The van der Waals surface area contributed by atoms with Gasteiger partial charge in [0.15, 0.2) is 0 Å². The first-order valence-electron chi connectivity index (χ1n) is 13.8. The van der Waals surface area contributed by atoms with Crippen molar-refractivity contribution in [2.75, 3.05) is 0 Å². The van der Waals surface area contributed by atoms with Gasteiger partial charge in [-0.05, 0) is 69.1 Å². The number of carbonyl (C=O) groups excluding carboxylic acids is 3. The molecule has 0 heterocycles. The molecule has 3 amide bonds. The zero-order valence-electron chi connectivity index (χ0n) is 23.4. The van der Waals surface area contributed by atoms with Gasteiger partial charge in [0.2, 0.25) is 11.8 Å². The highest BCUT2D eigenvalue weighted by molar-refractivity contribution is 5.93. The fourth-order valence-electron chi connectivity index (χ4n) is 5.10. The van der Waals surface area contributed by atoms with Crippen LogP contribution in [0, 0.1) is 11.8 Å². The Balaban J connectivity index is 1.98. The number of nitrogens with zero attached hydrogens (tertiary/aromatic N) is 1. The maximum Gasteiger partial charge on any atom is 0.408 e. The van der Waals surface area contributed by atoms with E-state index in [4.69, 9.17) is 4.74 Å². The van der Waals surface area contributed by atoms with E-state index < -0.39 is 23.8 Å². The zero-order chi connectivity index (χ0) is 27.3. The summed E-state index contributed by atoms with van der Waals surface area (Å²) in [5.74, 6) is -0.354. The Bertz CT molecular complexity index is 977. The standard InChI is InChI=1S/C30H45N3O4/c1-8-21-13-12-14-22(18-21)26(27(34)31-23-15-10-9-11-16-23)33(24-17-20(24)4)28(35)25(19(2)3)32-29(36)37-30(5,6)7/h8,12-14,18-20,23-26H,1,9-11,15-17H2,2-7H3,(H,31,34)(H,32,36). The summed E-state index contributed by atoms with van der Waals surface area (Å²) < 4.78 is 5.46. The predicted molar refractivity (Wildman–Crippen MR) is 147 cm³/mol. The molecule has 204 valence electrons. The predicted octanol–water partition coefficient (Wildman–Crippen LogP) is 5.61. The van der Waals surface area contributed by atoms with Gasteiger partial charge in [0.1, 0.15) is 17.7 Å². The van der Waals surface area contributed by atoms with E-state index in [1.165, 1.54) is 6.42 Å². The molecule has 2 N–H and O–H groups in total. The molecule has 0 aromatic heterocycles. The quantitative estimate of drug-likeness (QED) is 0.451. The number of alkyl carbamates (subject to hydrolysis) is 1. The lowest BCUT2D eigenvalue weighted by Gasteiger charge is -2.37. The van der Waals surface area contributed by atoms with Crippen LogP contribution in [0.1, 0.15) is 97.2 Å². The van der Waals surface area contributed by atoms with Crippen LogP contribution < -0.4 is 10.6 Å². The molecule has 1 aromatic carbocycles. The third-order valence-corrected chi connectivity index (χ3v) is 7.22. The molecular weight excluding hydrogens is 466 g/mol. The smallest absolute Gasteiger partial charge is 0.408 e. The Morgan fingerprint density at radius 3 is 2.32 bits per heavy atom. The summed E-state index contributed by atoms with van der Waals surface area (Å²) in [7, 11) is 0. The van der Waals surface area contributed by atoms with Crippen molar-refractivity contribution in [1.29, 1.82) is 0 Å². The maximum absolute atomic E-state index is 14.2. The van der Waals surface area contributed by atoms with Gasteiger partial charge in [0.25, 0.3) is 0 Å². The van der Waals surface area contributed by atoms with Crippen LogP contribution in [0.5, 0.6) is 0 Å². The lowest BCUT2D eigenvalue weighted by molar-refractivity contribution is -0.144. The molecule has 2 fully saturated rings. The van der Waals surface area contributed by atoms with Gasteiger partial charge in [-0.1, -0.05) is 70.9 Å². The minimum absolute atomic E-state index is 0.0799. The molecule has 0 saturated heterocycles. The van der Waals surface area contributed by atoms with E-state index in [0.29, 0.717) is 0 Å². The van der Waals surface area contributed by atoms with Gasteiger partial charge in [-0.15, -0.1) is 0 Å². The third kappa shape index (κ3) is 7.83. The second kappa shape index (κ2) is 12.1. The van der Waals surface area contributed by atoms with E-state index in [0.717, 1.165) is 43.2 Å². The summed E-state index contributed by atoms with van der Waals surface area (Å²) in [6.45, 7) is 15.1. The van der Waals surface area contributed by atoms with Crippen molar-refractivity contribution < 1.29 is 19.1 Å². The number of hydrogen-bond donors (Lipinski definition) is 2. The van der Waals surface area contributed by atoms with Crippen molar-refractivity contribution in [3.05, 3.63) is 42.0 Å². The number of rotatable bonds is 9. The molecule has 0 radical (unpaired) electrons. The van der Waals surface area contributed by atoms with Crippen LogP contribution in [-0.4, -0.2) is 46.5 Å². The molecule has 1 aromatic rings. The third-order valence-electron chi connectivity index (χ3n) is 7.22. The highest BCUT2D eigenvalue weighted by Crippen LogP contribution is 2.41. The van der Waals surface area contributed by atoms with Crippen LogP contribution in [-0.2, 0) is 14.3 Å². The molecule has 7 nitrogen and oxygen atoms in total. The average Bonchev–Trinajstić information content (AvgIpc) is 3.55. The SMILES string of the molecule is C=Cc1cccc(C(C(=O)NC2CCCCC2)N(C(=O)C(NC(=O)OC(C)(C)C)C(C)C)C2CC2C)c1. The molecule has 2 aliphatic carbocycles. The summed E-state index contributed by atoms with van der Waals surface area (Å²) >= 11 is 0. The highest BCUT2D eigenvalue weighted by Gasteiger charge is 2.48. The molecule has 2 saturated carbocycles. The molecule has 0 aliphatic heterocycles. The van der Waals surface area contributed by atoms with Crippen molar-refractivity contribution in [2.45, 2.75) is 110 Å². The minimum Gasteiger partial charge on any atom is -0.444 e. The van der Waals surface area contributed by atoms with Crippen molar-refractivity contribution in [3.8, 4) is 0 Å². The number of nitrogens with one attached hydrogen (secondary N) is 2. The van der Waals surface area contributed by atoms with Crippen LogP contribution >= 0.6 is 0 Å². The van der Waals surface area contributed by atoms with Gasteiger partial charge in [0.05, 0.1) is 0 Å².